The lowest BCUT2D eigenvalue weighted by Crippen LogP contribution is -2.14. The molecular weight excluding hydrogens is 306 g/mol. The third-order valence-corrected chi connectivity index (χ3v) is 3.62. The van der Waals surface area contributed by atoms with Gasteiger partial charge in [-0.3, -0.25) is 4.72 Å². The van der Waals surface area contributed by atoms with Crippen molar-refractivity contribution in [2.75, 3.05) is 4.72 Å². The summed E-state index contributed by atoms with van der Waals surface area (Å²) in [6.45, 7) is 0. The van der Waals surface area contributed by atoms with Crippen LogP contribution in [-0.2, 0) is 10.0 Å². The van der Waals surface area contributed by atoms with Gasteiger partial charge in [-0.05, 0) is 40.2 Å². The van der Waals surface area contributed by atoms with Gasteiger partial charge in [-0.25, -0.2) is 9.97 Å². The first-order valence-electron chi connectivity index (χ1n) is 4.63. The smallest absolute Gasteiger partial charge is 0.262 e. The molecule has 5 nitrogen and oxygen atoms in total. The SMILES string of the molecule is O=S(=O)(Nc1ccc(Br)cn1)c1ccccn1. The van der Waals surface area contributed by atoms with Crippen molar-refractivity contribution < 1.29 is 8.42 Å². The van der Waals surface area contributed by atoms with Gasteiger partial charge in [-0.2, -0.15) is 8.42 Å². The van der Waals surface area contributed by atoms with E-state index in [0.717, 1.165) is 4.47 Å². The summed E-state index contributed by atoms with van der Waals surface area (Å²) in [6, 6.07) is 7.93. The lowest BCUT2D eigenvalue weighted by molar-refractivity contribution is 0.597. The van der Waals surface area contributed by atoms with E-state index in [4.69, 9.17) is 0 Å². The van der Waals surface area contributed by atoms with Crippen LogP contribution in [0, 0.1) is 0 Å². The molecule has 2 aromatic rings. The van der Waals surface area contributed by atoms with E-state index in [1.54, 1.807) is 24.3 Å². The number of anilines is 1. The summed E-state index contributed by atoms with van der Waals surface area (Å²) in [5, 5.41) is -0.0373. The van der Waals surface area contributed by atoms with Crippen molar-refractivity contribution in [2.24, 2.45) is 0 Å². The summed E-state index contributed by atoms with van der Waals surface area (Å²) in [5.74, 6) is 0.249. The highest BCUT2D eigenvalue weighted by atomic mass is 79.9. The molecule has 0 amide bonds. The van der Waals surface area contributed by atoms with Gasteiger partial charge in [0.25, 0.3) is 10.0 Å². The molecule has 0 aliphatic rings. The lowest BCUT2D eigenvalue weighted by atomic mass is 10.5. The average Bonchev–Trinajstić information content (AvgIpc) is 2.33. The number of pyridine rings is 2. The topological polar surface area (TPSA) is 72.0 Å². The third-order valence-electron chi connectivity index (χ3n) is 1.88. The molecule has 2 heterocycles. The summed E-state index contributed by atoms with van der Waals surface area (Å²) in [6.07, 6.45) is 2.93. The number of aromatic nitrogens is 2. The van der Waals surface area contributed by atoms with Gasteiger partial charge in [-0.1, -0.05) is 6.07 Å². The van der Waals surface area contributed by atoms with Gasteiger partial charge in [0, 0.05) is 16.9 Å². The first kappa shape index (κ1) is 12.0. The zero-order valence-corrected chi connectivity index (χ0v) is 10.9. The minimum Gasteiger partial charge on any atom is -0.262 e. The molecule has 88 valence electrons. The van der Waals surface area contributed by atoms with Gasteiger partial charge in [0.15, 0.2) is 5.03 Å². The van der Waals surface area contributed by atoms with Crippen molar-refractivity contribution in [1.29, 1.82) is 0 Å². The maximum Gasteiger partial charge on any atom is 0.280 e. The zero-order valence-electron chi connectivity index (χ0n) is 8.54. The molecule has 0 spiro atoms. The highest BCUT2D eigenvalue weighted by Crippen LogP contribution is 2.14. The molecule has 2 rings (SSSR count). The van der Waals surface area contributed by atoms with Gasteiger partial charge in [0.1, 0.15) is 5.82 Å². The number of nitrogens with zero attached hydrogens (tertiary/aromatic N) is 2. The summed E-state index contributed by atoms with van der Waals surface area (Å²) in [7, 11) is -3.67. The van der Waals surface area contributed by atoms with Crippen molar-refractivity contribution in [3.8, 4) is 0 Å². The fourth-order valence-corrected chi connectivity index (χ4v) is 2.32. The van der Waals surface area contributed by atoms with Crippen molar-refractivity contribution in [2.45, 2.75) is 5.03 Å². The van der Waals surface area contributed by atoms with E-state index in [1.807, 2.05) is 0 Å². The largest absolute Gasteiger partial charge is 0.280 e. The minimum atomic E-state index is -3.67. The lowest BCUT2D eigenvalue weighted by Gasteiger charge is -2.05. The number of halogens is 1. The molecule has 1 N–H and O–H groups in total. The maximum absolute atomic E-state index is 11.9. The Morgan fingerprint density at radius 2 is 1.94 bits per heavy atom. The van der Waals surface area contributed by atoms with E-state index < -0.39 is 10.0 Å². The van der Waals surface area contributed by atoms with Crippen LogP contribution in [0.4, 0.5) is 5.82 Å². The van der Waals surface area contributed by atoms with Crippen LogP contribution < -0.4 is 4.72 Å². The van der Waals surface area contributed by atoms with E-state index in [2.05, 4.69) is 30.6 Å². The van der Waals surface area contributed by atoms with Crippen LogP contribution in [0.15, 0.2) is 52.2 Å². The molecular formula is C10H8BrN3O2S. The third kappa shape index (κ3) is 3.01. The summed E-state index contributed by atoms with van der Waals surface area (Å²) >= 11 is 3.22. The molecule has 2 aromatic heterocycles. The van der Waals surface area contributed by atoms with Crippen molar-refractivity contribution in [3.05, 3.63) is 47.2 Å². The molecule has 0 bridgehead atoms. The van der Waals surface area contributed by atoms with Crippen LogP contribution in [0.3, 0.4) is 0 Å². The molecule has 0 aliphatic carbocycles. The fourth-order valence-electron chi connectivity index (χ4n) is 1.13. The zero-order chi connectivity index (χ0) is 12.3. The van der Waals surface area contributed by atoms with E-state index >= 15 is 0 Å². The molecule has 0 aliphatic heterocycles. The van der Waals surface area contributed by atoms with Crippen molar-refractivity contribution in [3.63, 3.8) is 0 Å². The standard InChI is InChI=1S/C10H8BrN3O2S/c11-8-4-5-9(13-7-8)14-17(15,16)10-3-1-2-6-12-10/h1-7H,(H,13,14). The second-order valence-electron chi connectivity index (χ2n) is 3.14. The van der Waals surface area contributed by atoms with Gasteiger partial charge >= 0.3 is 0 Å². The predicted octanol–water partition coefficient (Wildman–Crippen LogP) is 2.04. The second kappa shape index (κ2) is 4.80. The summed E-state index contributed by atoms with van der Waals surface area (Å²) in [5.41, 5.74) is 0. The first-order valence-corrected chi connectivity index (χ1v) is 6.91. The Morgan fingerprint density at radius 3 is 2.53 bits per heavy atom. The predicted molar refractivity (Wildman–Crippen MR) is 67.0 cm³/mol. The van der Waals surface area contributed by atoms with Crippen LogP contribution in [0.5, 0.6) is 0 Å². The Bertz CT molecular complexity index is 599. The van der Waals surface area contributed by atoms with E-state index in [0.29, 0.717) is 0 Å². The van der Waals surface area contributed by atoms with Crippen LogP contribution in [0.1, 0.15) is 0 Å². The van der Waals surface area contributed by atoms with E-state index in [-0.39, 0.29) is 10.8 Å². The number of hydrogen-bond acceptors (Lipinski definition) is 4. The average molecular weight is 314 g/mol. The summed E-state index contributed by atoms with van der Waals surface area (Å²) in [4.78, 5) is 7.70. The van der Waals surface area contributed by atoms with Gasteiger partial charge in [-0.15, -0.1) is 0 Å². The molecule has 0 atom stereocenters. The Morgan fingerprint density at radius 1 is 1.12 bits per heavy atom. The van der Waals surface area contributed by atoms with E-state index in [9.17, 15) is 8.42 Å². The number of hydrogen-bond donors (Lipinski definition) is 1. The Labute approximate surface area is 107 Å². The highest BCUT2D eigenvalue weighted by molar-refractivity contribution is 9.10. The maximum atomic E-state index is 11.9. The highest BCUT2D eigenvalue weighted by Gasteiger charge is 2.15. The van der Waals surface area contributed by atoms with E-state index in [1.165, 1.54) is 18.5 Å². The normalized spacial score (nSPS) is 11.1. The van der Waals surface area contributed by atoms with Crippen LogP contribution in [-0.4, -0.2) is 18.4 Å². The quantitative estimate of drug-likeness (QED) is 0.941. The van der Waals surface area contributed by atoms with Gasteiger partial charge < -0.3 is 0 Å². The summed E-state index contributed by atoms with van der Waals surface area (Å²) < 4.78 is 26.8. The molecule has 0 saturated heterocycles. The fraction of sp³-hybridized carbons (Fsp3) is 0. The monoisotopic (exact) mass is 313 g/mol. The molecule has 0 fully saturated rings. The van der Waals surface area contributed by atoms with Crippen molar-refractivity contribution >= 4 is 31.8 Å². The number of sulfonamides is 1. The molecule has 7 heteroatoms. The van der Waals surface area contributed by atoms with Crippen LogP contribution in [0.25, 0.3) is 0 Å². The first-order chi connectivity index (χ1) is 8.08. The number of rotatable bonds is 3. The van der Waals surface area contributed by atoms with Gasteiger partial charge in [0.2, 0.25) is 0 Å². The Balaban J connectivity index is 2.27. The minimum absolute atomic E-state index is 0.0373. The second-order valence-corrected chi connectivity index (χ2v) is 5.68. The van der Waals surface area contributed by atoms with Crippen molar-refractivity contribution in [1.82, 2.24) is 9.97 Å². The van der Waals surface area contributed by atoms with Gasteiger partial charge in [0.05, 0.1) is 0 Å². The van der Waals surface area contributed by atoms with Crippen LogP contribution in [0.2, 0.25) is 0 Å². The Hall–Kier alpha value is -1.47. The molecule has 17 heavy (non-hydrogen) atoms. The molecule has 0 unspecified atom stereocenters. The molecule has 0 saturated carbocycles. The number of nitrogens with one attached hydrogen (secondary N) is 1. The molecule has 0 radical (unpaired) electrons. The molecule has 0 aromatic carbocycles. The Kier molecular flexibility index (Phi) is 3.39. The van der Waals surface area contributed by atoms with Crippen LogP contribution >= 0.6 is 15.9 Å².